The summed E-state index contributed by atoms with van der Waals surface area (Å²) in [4.78, 5) is 52.2. The topological polar surface area (TPSA) is 125 Å². The third-order valence-electron chi connectivity index (χ3n) is 5.20. The number of anilines is 2. The predicted molar refractivity (Wildman–Crippen MR) is 132 cm³/mol. The highest BCUT2D eigenvalue weighted by Gasteiger charge is 2.45. The highest BCUT2D eigenvalue weighted by Crippen LogP contribution is 2.23. The van der Waals surface area contributed by atoms with E-state index in [1.54, 1.807) is 31.2 Å². The van der Waals surface area contributed by atoms with Gasteiger partial charge in [0.1, 0.15) is 12.3 Å². The summed E-state index contributed by atoms with van der Waals surface area (Å²) >= 11 is -1.92. The van der Waals surface area contributed by atoms with Gasteiger partial charge >= 0.3 is 17.3 Å². The lowest BCUT2D eigenvalue weighted by Gasteiger charge is -2.23. The molecule has 0 spiro atoms. The number of hydrogen-bond donors (Lipinski definition) is 2. The van der Waals surface area contributed by atoms with Crippen LogP contribution in [0.2, 0.25) is 0 Å². The van der Waals surface area contributed by atoms with Crippen LogP contribution in [-0.4, -0.2) is 56.8 Å². The van der Waals surface area contributed by atoms with Crippen LogP contribution in [0.25, 0.3) is 0 Å². The number of nitrogens with one attached hydrogen (secondary N) is 2. The van der Waals surface area contributed by atoms with E-state index >= 15 is 0 Å². The Kier molecular flexibility index (Phi) is 8.02. The molecular formula is C24H26N4O6S. The molecule has 0 aliphatic carbocycles. The third-order valence-corrected chi connectivity index (χ3v) is 5.95. The van der Waals surface area contributed by atoms with E-state index in [-0.39, 0.29) is 13.1 Å². The monoisotopic (exact) mass is 498 g/mol. The molecule has 35 heavy (non-hydrogen) atoms. The Labute approximate surface area is 205 Å². The van der Waals surface area contributed by atoms with Crippen LogP contribution in [0, 0.1) is 13.8 Å². The maximum Gasteiger partial charge on any atom is 0.328 e. The number of carbonyl (C=O) groups is 4. The van der Waals surface area contributed by atoms with Crippen molar-refractivity contribution in [1.82, 2.24) is 9.80 Å². The van der Waals surface area contributed by atoms with Crippen molar-refractivity contribution in [3.8, 4) is 5.75 Å². The lowest BCUT2D eigenvalue weighted by atomic mass is 10.1. The van der Waals surface area contributed by atoms with Gasteiger partial charge in [0.15, 0.2) is 11.8 Å². The molecule has 1 saturated heterocycles. The van der Waals surface area contributed by atoms with Gasteiger partial charge < -0.3 is 14.4 Å². The van der Waals surface area contributed by atoms with Gasteiger partial charge in [-0.3, -0.25) is 19.1 Å². The van der Waals surface area contributed by atoms with Crippen molar-refractivity contribution in [1.29, 1.82) is 0 Å². The number of imide groups is 1. The largest absolute Gasteiger partial charge is 0.385 e. The van der Waals surface area contributed by atoms with Crippen LogP contribution < -0.4 is 14.2 Å². The quantitative estimate of drug-likeness (QED) is 0.295. The molecule has 184 valence electrons. The van der Waals surface area contributed by atoms with Crippen LogP contribution in [0.15, 0.2) is 55.1 Å². The van der Waals surface area contributed by atoms with Gasteiger partial charge in [0.2, 0.25) is 0 Å². The number of urea groups is 1. The zero-order valence-corrected chi connectivity index (χ0v) is 20.4. The van der Waals surface area contributed by atoms with Gasteiger partial charge in [-0.05, 0) is 50.6 Å². The summed E-state index contributed by atoms with van der Waals surface area (Å²) in [5, 5.41) is 2.60. The molecule has 1 fully saturated rings. The molecule has 1 aliphatic heterocycles. The zero-order valence-electron chi connectivity index (χ0n) is 19.6. The summed E-state index contributed by atoms with van der Waals surface area (Å²) in [6.45, 7) is 8.19. The van der Waals surface area contributed by atoms with Crippen molar-refractivity contribution < 1.29 is 27.6 Å². The third kappa shape index (κ3) is 6.12. The standard InChI is InChI=1S/C24H26N4O6S/c1-5-12-27-14-21(30)28(24(27)32)22(17(4)29)23(31)25-20-13-18(9-8-16(20)3)26-35(33)34-19-10-6-15(2)7-11-19/h5-11,13,22,26H,1,12,14H2,2-4H3,(H,25,31). The van der Waals surface area contributed by atoms with Gasteiger partial charge in [0, 0.05) is 12.2 Å². The first-order valence-corrected chi connectivity index (χ1v) is 11.8. The molecule has 0 radical (unpaired) electrons. The molecule has 11 heteroatoms. The second kappa shape index (κ2) is 11.0. The van der Waals surface area contributed by atoms with Crippen molar-refractivity contribution in [3.05, 3.63) is 66.2 Å². The van der Waals surface area contributed by atoms with E-state index in [1.165, 1.54) is 17.0 Å². The minimum atomic E-state index is -1.92. The molecule has 10 nitrogen and oxygen atoms in total. The molecule has 2 atom stereocenters. The summed E-state index contributed by atoms with van der Waals surface area (Å²) in [5.41, 5.74) is 2.36. The number of carbonyl (C=O) groups excluding carboxylic acids is 4. The summed E-state index contributed by atoms with van der Waals surface area (Å²) < 4.78 is 20.4. The maximum absolute atomic E-state index is 13.0. The molecule has 2 aromatic carbocycles. The highest BCUT2D eigenvalue weighted by molar-refractivity contribution is 7.81. The Balaban J connectivity index is 1.74. The Morgan fingerprint density at radius 2 is 1.86 bits per heavy atom. The van der Waals surface area contributed by atoms with Crippen LogP contribution in [0.1, 0.15) is 18.1 Å². The van der Waals surface area contributed by atoms with Gasteiger partial charge in [0.25, 0.3) is 11.8 Å². The molecule has 2 unspecified atom stereocenters. The second-order valence-electron chi connectivity index (χ2n) is 7.98. The normalized spacial score (nSPS) is 14.9. The molecule has 3 rings (SSSR count). The van der Waals surface area contributed by atoms with Gasteiger partial charge in [-0.15, -0.1) is 6.58 Å². The Morgan fingerprint density at radius 3 is 2.49 bits per heavy atom. The SMILES string of the molecule is C=CCN1CC(=O)N(C(C(C)=O)C(=O)Nc2cc(NS(=O)Oc3ccc(C)cc3)ccc2C)C1=O. The predicted octanol–water partition coefficient (Wildman–Crippen LogP) is 2.72. The number of amides is 4. The van der Waals surface area contributed by atoms with E-state index in [0.717, 1.165) is 12.5 Å². The minimum Gasteiger partial charge on any atom is -0.385 e. The van der Waals surface area contributed by atoms with Crippen molar-refractivity contribution in [2.45, 2.75) is 26.8 Å². The number of hydrogen-bond acceptors (Lipinski definition) is 6. The van der Waals surface area contributed by atoms with E-state index in [4.69, 9.17) is 4.18 Å². The molecule has 4 amide bonds. The Hall–Kier alpha value is -3.99. The Morgan fingerprint density at radius 1 is 1.17 bits per heavy atom. The van der Waals surface area contributed by atoms with Crippen LogP contribution in [-0.2, 0) is 25.7 Å². The van der Waals surface area contributed by atoms with Gasteiger partial charge in [-0.2, -0.15) is 4.21 Å². The first-order valence-electron chi connectivity index (χ1n) is 10.7. The number of benzene rings is 2. The number of aryl methyl sites for hydroxylation is 2. The molecule has 2 aromatic rings. The van der Waals surface area contributed by atoms with E-state index in [9.17, 15) is 23.4 Å². The van der Waals surface area contributed by atoms with Crippen LogP contribution in [0.4, 0.5) is 16.2 Å². The summed E-state index contributed by atoms with van der Waals surface area (Å²) in [5.74, 6) is -1.74. The first-order chi connectivity index (χ1) is 16.6. The van der Waals surface area contributed by atoms with Gasteiger partial charge in [-0.1, -0.05) is 29.8 Å². The summed E-state index contributed by atoms with van der Waals surface area (Å²) in [7, 11) is 0. The molecule has 0 aromatic heterocycles. The number of nitrogens with zero attached hydrogens (tertiary/aromatic N) is 2. The molecular weight excluding hydrogens is 472 g/mol. The van der Waals surface area contributed by atoms with Crippen molar-refractivity contribution in [2.75, 3.05) is 23.1 Å². The van der Waals surface area contributed by atoms with Crippen molar-refractivity contribution >= 4 is 46.3 Å². The van der Waals surface area contributed by atoms with Crippen molar-refractivity contribution in [3.63, 3.8) is 0 Å². The fraction of sp³-hybridized carbons (Fsp3) is 0.250. The first kappa shape index (κ1) is 25.6. The average molecular weight is 499 g/mol. The van der Waals surface area contributed by atoms with Crippen LogP contribution >= 0.6 is 0 Å². The molecule has 2 N–H and O–H groups in total. The van der Waals surface area contributed by atoms with Gasteiger partial charge in [-0.25, -0.2) is 9.69 Å². The lowest BCUT2D eigenvalue weighted by Crippen LogP contribution is -2.51. The fourth-order valence-electron chi connectivity index (χ4n) is 3.42. The van der Waals surface area contributed by atoms with E-state index in [2.05, 4.69) is 16.6 Å². The van der Waals surface area contributed by atoms with Gasteiger partial charge in [0.05, 0.1) is 5.69 Å². The second-order valence-corrected chi connectivity index (χ2v) is 8.82. The van der Waals surface area contributed by atoms with E-state index < -0.39 is 40.9 Å². The number of Topliss-reactive ketones (excluding diaryl/α,β-unsaturated/α-hetero) is 1. The lowest BCUT2D eigenvalue weighted by molar-refractivity contribution is -0.138. The minimum absolute atomic E-state index is 0.113. The molecule has 1 heterocycles. The molecule has 0 bridgehead atoms. The smallest absolute Gasteiger partial charge is 0.328 e. The fourth-order valence-corrected chi connectivity index (χ4v) is 4.07. The van der Waals surface area contributed by atoms with Crippen LogP contribution in [0.3, 0.4) is 0 Å². The van der Waals surface area contributed by atoms with Crippen molar-refractivity contribution in [2.24, 2.45) is 0 Å². The number of rotatable bonds is 10. The molecule has 1 aliphatic rings. The average Bonchev–Trinajstić information content (AvgIpc) is 3.06. The number of ketones is 1. The highest BCUT2D eigenvalue weighted by atomic mass is 32.2. The Bertz CT molecular complexity index is 1200. The molecule has 0 saturated carbocycles. The summed E-state index contributed by atoms with van der Waals surface area (Å²) in [6, 6.07) is 9.49. The van der Waals surface area contributed by atoms with E-state index in [0.29, 0.717) is 27.6 Å². The maximum atomic E-state index is 13.0. The van der Waals surface area contributed by atoms with E-state index in [1.807, 2.05) is 19.1 Å². The summed E-state index contributed by atoms with van der Waals surface area (Å²) in [6.07, 6.45) is 1.45. The zero-order chi connectivity index (χ0) is 25.7. The van der Waals surface area contributed by atoms with Crippen LogP contribution in [0.5, 0.6) is 5.75 Å².